The molecule has 1 aliphatic carbocycles. The van der Waals surface area contributed by atoms with E-state index in [4.69, 9.17) is 5.11 Å². The molecule has 0 heterocycles. The van der Waals surface area contributed by atoms with Gasteiger partial charge in [-0.3, -0.25) is 4.79 Å². The maximum atomic E-state index is 10.8. The van der Waals surface area contributed by atoms with Crippen LogP contribution in [-0.4, -0.2) is 11.1 Å². The summed E-state index contributed by atoms with van der Waals surface area (Å²) in [6, 6.07) is 6.46. The summed E-state index contributed by atoms with van der Waals surface area (Å²) in [5, 5.41) is 8.93. The van der Waals surface area contributed by atoms with Gasteiger partial charge in [0.25, 0.3) is 0 Å². The van der Waals surface area contributed by atoms with Crippen molar-refractivity contribution in [1.82, 2.24) is 0 Å². The summed E-state index contributed by atoms with van der Waals surface area (Å²) in [5.41, 5.74) is 3.84. The highest BCUT2D eigenvalue weighted by Gasteiger charge is 2.26. The summed E-state index contributed by atoms with van der Waals surface area (Å²) in [6.07, 6.45) is 2.38. The number of aliphatic carboxylic acids is 1. The maximum Gasteiger partial charge on any atom is 0.303 e. The van der Waals surface area contributed by atoms with Crippen LogP contribution in [0.3, 0.4) is 0 Å². The van der Waals surface area contributed by atoms with E-state index in [9.17, 15) is 4.79 Å². The molecule has 2 heteroatoms. The summed E-state index contributed by atoms with van der Waals surface area (Å²) in [7, 11) is 0. The summed E-state index contributed by atoms with van der Waals surface area (Å²) in [5.74, 6) is 0.0938. The first kappa shape index (κ1) is 11.2. The Morgan fingerprint density at radius 1 is 1.38 bits per heavy atom. The van der Waals surface area contributed by atoms with Gasteiger partial charge >= 0.3 is 5.97 Å². The maximum absolute atomic E-state index is 10.8. The van der Waals surface area contributed by atoms with E-state index >= 15 is 0 Å². The molecule has 0 aliphatic heterocycles. The van der Waals surface area contributed by atoms with Gasteiger partial charge in [0.05, 0.1) is 6.42 Å². The van der Waals surface area contributed by atoms with Crippen LogP contribution in [0.4, 0.5) is 0 Å². The number of rotatable bonds is 2. The molecule has 1 aromatic rings. The minimum Gasteiger partial charge on any atom is -0.481 e. The minimum atomic E-state index is -0.688. The molecule has 2 rings (SSSR count). The molecule has 2 nitrogen and oxygen atoms in total. The fourth-order valence-corrected chi connectivity index (χ4v) is 2.68. The number of benzene rings is 1. The lowest BCUT2D eigenvalue weighted by Gasteiger charge is -2.29. The van der Waals surface area contributed by atoms with Gasteiger partial charge in [-0.2, -0.15) is 0 Å². The van der Waals surface area contributed by atoms with E-state index in [-0.39, 0.29) is 12.3 Å². The zero-order chi connectivity index (χ0) is 11.7. The van der Waals surface area contributed by atoms with Crippen LogP contribution >= 0.6 is 0 Å². The van der Waals surface area contributed by atoms with Gasteiger partial charge in [0.2, 0.25) is 0 Å². The molecule has 0 spiro atoms. The Bertz CT molecular complexity index is 409. The van der Waals surface area contributed by atoms with Crippen molar-refractivity contribution >= 4 is 5.97 Å². The van der Waals surface area contributed by atoms with Crippen molar-refractivity contribution in [3.8, 4) is 0 Å². The molecule has 0 aromatic heterocycles. The van der Waals surface area contributed by atoms with E-state index < -0.39 is 5.97 Å². The van der Waals surface area contributed by atoms with E-state index in [0.717, 1.165) is 12.8 Å². The van der Waals surface area contributed by atoms with Crippen LogP contribution < -0.4 is 0 Å². The molecule has 0 radical (unpaired) electrons. The largest absolute Gasteiger partial charge is 0.481 e. The number of hydrogen-bond donors (Lipinski definition) is 1. The molecule has 2 unspecified atom stereocenters. The van der Waals surface area contributed by atoms with Crippen LogP contribution in [-0.2, 0) is 4.79 Å². The summed E-state index contributed by atoms with van der Waals surface area (Å²) >= 11 is 0. The second-order valence-corrected chi connectivity index (χ2v) is 4.91. The van der Waals surface area contributed by atoms with E-state index in [0.29, 0.717) is 5.92 Å². The Kier molecular flexibility index (Phi) is 2.99. The Labute approximate surface area is 96.3 Å². The molecule has 1 aromatic carbocycles. The van der Waals surface area contributed by atoms with Crippen LogP contribution in [0.25, 0.3) is 0 Å². The SMILES string of the molecule is Cc1ccc2c(c1)C(CC(=O)O)CCC2C. The third-order valence-electron chi connectivity index (χ3n) is 3.58. The number of carboxylic acid groups (broad SMARTS) is 1. The fraction of sp³-hybridized carbons (Fsp3) is 0.500. The first-order valence-corrected chi connectivity index (χ1v) is 5.90. The molecule has 0 bridgehead atoms. The normalized spacial score (nSPS) is 23.9. The monoisotopic (exact) mass is 218 g/mol. The van der Waals surface area contributed by atoms with Crippen molar-refractivity contribution < 1.29 is 9.90 Å². The lowest BCUT2D eigenvalue weighted by atomic mass is 9.75. The van der Waals surface area contributed by atoms with Crippen molar-refractivity contribution in [3.63, 3.8) is 0 Å². The minimum absolute atomic E-state index is 0.212. The fourth-order valence-electron chi connectivity index (χ4n) is 2.68. The van der Waals surface area contributed by atoms with Crippen molar-refractivity contribution in [2.75, 3.05) is 0 Å². The number of hydrogen-bond acceptors (Lipinski definition) is 1. The number of aryl methyl sites for hydroxylation is 1. The van der Waals surface area contributed by atoms with Crippen molar-refractivity contribution in [2.45, 2.75) is 44.9 Å². The zero-order valence-electron chi connectivity index (χ0n) is 9.86. The molecule has 0 saturated heterocycles. The zero-order valence-corrected chi connectivity index (χ0v) is 9.86. The van der Waals surface area contributed by atoms with Crippen molar-refractivity contribution in [1.29, 1.82) is 0 Å². The molecule has 16 heavy (non-hydrogen) atoms. The predicted octanol–water partition coefficient (Wildman–Crippen LogP) is 3.45. The molecule has 0 amide bonds. The van der Waals surface area contributed by atoms with Gasteiger partial charge in [-0.1, -0.05) is 30.7 Å². The average molecular weight is 218 g/mol. The third kappa shape index (κ3) is 2.11. The topological polar surface area (TPSA) is 37.3 Å². The first-order valence-electron chi connectivity index (χ1n) is 5.90. The summed E-state index contributed by atoms with van der Waals surface area (Å²) in [6.45, 7) is 4.29. The quantitative estimate of drug-likeness (QED) is 0.825. The van der Waals surface area contributed by atoms with Gasteiger partial charge in [0.1, 0.15) is 0 Å². The average Bonchev–Trinajstić information content (AvgIpc) is 2.22. The molecular weight excluding hydrogens is 200 g/mol. The second kappa shape index (κ2) is 4.28. The lowest BCUT2D eigenvalue weighted by molar-refractivity contribution is -0.137. The highest BCUT2D eigenvalue weighted by atomic mass is 16.4. The second-order valence-electron chi connectivity index (χ2n) is 4.91. The van der Waals surface area contributed by atoms with Crippen LogP contribution in [0.15, 0.2) is 18.2 Å². The predicted molar refractivity (Wildman–Crippen MR) is 63.8 cm³/mol. The van der Waals surface area contributed by atoms with Crippen molar-refractivity contribution in [2.24, 2.45) is 0 Å². The van der Waals surface area contributed by atoms with E-state index in [1.54, 1.807) is 0 Å². The van der Waals surface area contributed by atoms with Gasteiger partial charge in [-0.15, -0.1) is 0 Å². The first-order chi connectivity index (χ1) is 7.58. The van der Waals surface area contributed by atoms with Gasteiger partial charge in [0.15, 0.2) is 0 Å². The summed E-state index contributed by atoms with van der Waals surface area (Å²) < 4.78 is 0. The van der Waals surface area contributed by atoms with Gasteiger partial charge in [-0.25, -0.2) is 0 Å². The number of carbonyl (C=O) groups is 1. The van der Waals surface area contributed by atoms with Crippen LogP contribution in [0.2, 0.25) is 0 Å². The highest BCUT2D eigenvalue weighted by Crippen LogP contribution is 2.40. The van der Waals surface area contributed by atoms with Gasteiger partial charge < -0.3 is 5.11 Å². The van der Waals surface area contributed by atoms with Crippen molar-refractivity contribution in [3.05, 3.63) is 34.9 Å². The van der Waals surface area contributed by atoms with Crippen LogP contribution in [0, 0.1) is 6.92 Å². The smallest absolute Gasteiger partial charge is 0.303 e. The van der Waals surface area contributed by atoms with Gasteiger partial charge in [-0.05, 0) is 42.7 Å². The Balaban J connectivity index is 2.37. The molecular formula is C14H18O2. The number of fused-ring (bicyclic) bond motifs is 1. The molecule has 86 valence electrons. The standard InChI is InChI=1S/C14H18O2/c1-9-3-6-12-10(2)4-5-11(8-14(15)16)13(12)7-9/h3,6-7,10-11H,4-5,8H2,1-2H3,(H,15,16). The molecule has 0 saturated carbocycles. The summed E-state index contributed by atoms with van der Waals surface area (Å²) in [4.78, 5) is 10.8. The van der Waals surface area contributed by atoms with Gasteiger partial charge in [0, 0.05) is 0 Å². The van der Waals surface area contributed by atoms with Crippen LogP contribution in [0.1, 0.15) is 54.7 Å². The Morgan fingerprint density at radius 2 is 2.12 bits per heavy atom. The molecule has 0 fully saturated rings. The number of carboxylic acids is 1. The molecule has 2 atom stereocenters. The Hall–Kier alpha value is -1.31. The van der Waals surface area contributed by atoms with Crippen LogP contribution in [0.5, 0.6) is 0 Å². The Morgan fingerprint density at radius 3 is 2.81 bits per heavy atom. The third-order valence-corrected chi connectivity index (χ3v) is 3.58. The molecule has 1 N–H and O–H groups in total. The van der Waals surface area contributed by atoms with E-state index in [1.807, 2.05) is 0 Å². The lowest BCUT2D eigenvalue weighted by Crippen LogP contribution is -2.16. The van der Waals surface area contributed by atoms with E-state index in [1.165, 1.54) is 16.7 Å². The highest BCUT2D eigenvalue weighted by molar-refractivity contribution is 5.68. The van der Waals surface area contributed by atoms with E-state index in [2.05, 4.69) is 32.0 Å². The molecule has 1 aliphatic rings.